The van der Waals surface area contributed by atoms with Crippen LogP contribution in [0.15, 0.2) is 49.1 Å². The van der Waals surface area contributed by atoms with E-state index in [0.717, 1.165) is 11.1 Å². The fourth-order valence-electron chi connectivity index (χ4n) is 1.58. The van der Waals surface area contributed by atoms with Crippen molar-refractivity contribution in [2.75, 3.05) is 0 Å². The van der Waals surface area contributed by atoms with Crippen LogP contribution < -0.4 is 0 Å². The molecule has 78 valence electrons. The molecule has 1 unspecified atom stereocenters. The molecule has 2 rings (SSSR count). The summed E-state index contributed by atoms with van der Waals surface area (Å²) in [5, 5.41) is 9.14. The van der Waals surface area contributed by atoms with E-state index in [0.29, 0.717) is 6.42 Å². The van der Waals surface area contributed by atoms with E-state index in [1.165, 1.54) is 6.33 Å². The molecule has 0 fully saturated rings. The largest absolute Gasteiger partial charge is 0.244 e. The van der Waals surface area contributed by atoms with Gasteiger partial charge in [-0.25, -0.2) is 9.97 Å². The zero-order valence-corrected chi connectivity index (χ0v) is 8.74. The Labute approximate surface area is 94.4 Å². The lowest BCUT2D eigenvalue weighted by molar-refractivity contribution is 0.833. The molecule has 0 N–H and O–H groups in total. The highest BCUT2D eigenvalue weighted by Gasteiger charge is 2.11. The Bertz CT molecular complexity index is 474. The van der Waals surface area contributed by atoms with E-state index >= 15 is 0 Å². The van der Waals surface area contributed by atoms with E-state index in [2.05, 4.69) is 16.0 Å². The fraction of sp³-hybridized carbons (Fsp3) is 0.154. The van der Waals surface area contributed by atoms with Crippen LogP contribution in [-0.2, 0) is 6.42 Å². The molecule has 1 heterocycles. The third-order valence-electron chi connectivity index (χ3n) is 2.42. The van der Waals surface area contributed by atoms with E-state index in [-0.39, 0.29) is 5.92 Å². The zero-order chi connectivity index (χ0) is 11.2. The van der Waals surface area contributed by atoms with E-state index < -0.39 is 0 Å². The number of hydrogen-bond donors (Lipinski definition) is 0. The second kappa shape index (κ2) is 5.04. The average molecular weight is 209 g/mol. The van der Waals surface area contributed by atoms with Crippen molar-refractivity contribution in [3.8, 4) is 6.07 Å². The minimum atomic E-state index is -0.177. The van der Waals surface area contributed by atoms with Crippen LogP contribution in [-0.4, -0.2) is 9.97 Å². The Morgan fingerprint density at radius 1 is 1.12 bits per heavy atom. The van der Waals surface area contributed by atoms with Gasteiger partial charge in [0.15, 0.2) is 0 Å². The lowest BCUT2D eigenvalue weighted by atomic mass is 9.95. The van der Waals surface area contributed by atoms with Crippen molar-refractivity contribution in [1.82, 2.24) is 9.97 Å². The zero-order valence-electron chi connectivity index (χ0n) is 8.74. The Morgan fingerprint density at radius 3 is 2.44 bits per heavy atom. The molecule has 1 aromatic carbocycles. The number of benzene rings is 1. The molecule has 2 aromatic rings. The standard InChI is InChI=1S/C13H11N3/c14-7-12(13-8-15-10-16-9-13)6-11-4-2-1-3-5-11/h1-5,8-10,12H,6H2. The van der Waals surface area contributed by atoms with Crippen molar-refractivity contribution >= 4 is 0 Å². The first-order chi connectivity index (χ1) is 7.90. The van der Waals surface area contributed by atoms with Gasteiger partial charge in [0.25, 0.3) is 0 Å². The molecule has 0 aliphatic carbocycles. The first kappa shape index (κ1) is 10.3. The predicted octanol–water partition coefficient (Wildman–Crippen LogP) is 2.33. The van der Waals surface area contributed by atoms with Crippen LogP contribution in [0.4, 0.5) is 0 Å². The molecule has 3 heteroatoms. The summed E-state index contributed by atoms with van der Waals surface area (Å²) in [5.41, 5.74) is 2.02. The van der Waals surface area contributed by atoms with Crippen LogP contribution in [0, 0.1) is 11.3 Å². The van der Waals surface area contributed by atoms with Gasteiger partial charge in [-0.1, -0.05) is 30.3 Å². The molecule has 3 nitrogen and oxygen atoms in total. The van der Waals surface area contributed by atoms with Gasteiger partial charge in [-0.2, -0.15) is 5.26 Å². The topological polar surface area (TPSA) is 49.6 Å². The van der Waals surface area contributed by atoms with Gasteiger partial charge < -0.3 is 0 Å². The second-order valence-corrected chi connectivity index (χ2v) is 3.54. The number of nitrogens with zero attached hydrogens (tertiary/aromatic N) is 3. The van der Waals surface area contributed by atoms with Crippen molar-refractivity contribution in [3.05, 3.63) is 60.2 Å². The van der Waals surface area contributed by atoms with Gasteiger partial charge in [0, 0.05) is 18.0 Å². The molecule has 1 atom stereocenters. The summed E-state index contributed by atoms with van der Waals surface area (Å²) in [5.74, 6) is -0.177. The Balaban J connectivity index is 2.17. The highest BCUT2D eigenvalue weighted by atomic mass is 14.8. The van der Waals surface area contributed by atoms with Gasteiger partial charge in [-0.3, -0.25) is 0 Å². The summed E-state index contributed by atoms with van der Waals surface area (Å²) in [4.78, 5) is 7.87. The highest BCUT2D eigenvalue weighted by molar-refractivity contribution is 5.25. The molecule has 0 radical (unpaired) electrons. The normalized spacial score (nSPS) is 11.7. The maximum absolute atomic E-state index is 9.14. The highest BCUT2D eigenvalue weighted by Crippen LogP contribution is 2.18. The molecule has 0 aliphatic rings. The van der Waals surface area contributed by atoms with Gasteiger partial charge in [-0.05, 0) is 12.0 Å². The predicted molar refractivity (Wildman–Crippen MR) is 60.5 cm³/mol. The summed E-state index contributed by atoms with van der Waals surface area (Å²) in [6.45, 7) is 0. The smallest absolute Gasteiger partial charge is 0.115 e. The third kappa shape index (κ3) is 2.43. The van der Waals surface area contributed by atoms with E-state index in [4.69, 9.17) is 5.26 Å². The number of aromatic nitrogens is 2. The van der Waals surface area contributed by atoms with Crippen molar-refractivity contribution in [2.24, 2.45) is 0 Å². The summed E-state index contributed by atoms with van der Waals surface area (Å²) in [6, 6.07) is 12.3. The second-order valence-electron chi connectivity index (χ2n) is 3.54. The quantitative estimate of drug-likeness (QED) is 0.779. The van der Waals surface area contributed by atoms with Crippen LogP contribution in [0.25, 0.3) is 0 Å². The summed E-state index contributed by atoms with van der Waals surface area (Å²) in [7, 11) is 0. The van der Waals surface area contributed by atoms with Crippen LogP contribution in [0.5, 0.6) is 0 Å². The van der Waals surface area contributed by atoms with Gasteiger partial charge in [0.05, 0.1) is 12.0 Å². The van der Waals surface area contributed by atoms with Crippen molar-refractivity contribution in [3.63, 3.8) is 0 Å². The molecule has 1 aromatic heterocycles. The van der Waals surface area contributed by atoms with Crippen molar-refractivity contribution < 1.29 is 0 Å². The average Bonchev–Trinajstić information content (AvgIpc) is 2.38. The lowest BCUT2D eigenvalue weighted by Crippen LogP contribution is -2.01. The van der Waals surface area contributed by atoms with Crippen LogP contribution in [0.2, 0.25) is 0 Å². The maximum atomic E-state index is 9.14. The summed E-state index contributed by atoms with van der Waals surface area (Å²) in [6.07, 6.45) is 5.57. The van der Waals surface area contributed by atoms with E-state index in [1.54, 1.807) is 12.4 Å². The van der Waals surface area contributed by atoms with Gasteiger partial charge >= 0.3 is 0 Å². The Kier molecular flexibility index (Phi) is 3.25. The molecule has 0 spiro atoms. The van der Waals surface area contributed by atoms with Crippen LogP contribution in [0.3, 0.4) is 0 Å². The number of nitriles is 1. The molecule has 0 amide bonds. The fourth-order valence-corrected chi connectivity index (χ4v) is 1.58. The first-order valence-corrected chi connectivity index (χ1v) is 5.08. The van der Waals surface area contributed by atoms with Gasteiger partial charge in [0.1, 0.15) is 6.33 Å². The van der Waals surface area contributed by atoms with Gasteiger partial charge in [0.2, 0.25) is 0 Å². The minimum Gasteiger partial charge on any atom is -0.244 e. The van der Waals surface area contributed by atoms with E-state index in [9.17, 15) is 0 Å². The van der Waals surface area contributed by atoms with E-state index in [1.807, 2.05) is 30.3 Å². The van der Waals surface area contributed by atoms with Crippen LogP contribution >= 0.6 is 0 Å². The lowest BCUT2D eigenvalue weighted by Gasteiger charge is -2.07. The van der Waals surface area contributed by atoms with Gasteiger partial charge in [-0.15, -0.1) is 0 Å². The minimum absolute atomic E-state index is 0.177. The van der Waals surface area contributed by atoms with Crippen LogP contribution in [0.1, 0.15) is 17.0 Å². The first-order valence-electron chi connectivity index (χ1n) is 5.08. The molecule has 0 aliphatic heterocycles. The van der Waals surface area contributed by atoms with Crippen molar-refractivity contribution in [1.29, 1.82) is 5.26 Å². The molecule has 0 saturated heterocycles. The number of rotatable bonds is 3. The summed E-state index contributed by atoms with van der Waals surface area (Å²) < 4.78 is 0. The Hall–Kier alpha value is -2.21. The SMILES string of the molecule is N#CC(Cc1ccccc1)c1cncnc1. The third-order valence-corrected chi connectivity index (χ3v) is 2.42. The summed E-state index contributed by atoms with van der Waals surface area (Å²) >= 11 is 0. The van der Waals surface area contributed by atoms with Crippen molar-refractivity contribution in [2.45, 2.75) is 12.3 Å². The molecule has 0 bridgehead atoms. The maximum Gasteiger partial charge on any atom is 0.115 e. The molecule has 16 heavy (non-hydrogen) atoms. The Morgan fingerprint density at radius 2 is 1.81 bits per heavy atom. The monoisotopic (exact) mass is 209 g/mol. The number of hydrogen-bond acceptors (Lipinski definition) is 3. The molecule has 0 saturated carbocycles. The molecular formula is C13H11N3. The molecular weight excluding hydrogens is 198 g/mol.